The zero-order chi connectivity index (χ0) is 18.7. The number of carbonyl (C=O) groups is 1. The van der Waals surface area contributed by atoms with Crippen LogP contribution < -0.4 is 10.1 Å². The van der Waals surface area contributed by atoms with Gasteiger partial charge in [-0.2, -0.15) is 4.31 Å². The lowest BCUT2D eigenvalue weighted by Crippen LogP contribution is -2.35. The third-order valence-corrected chi connectivity index (χ3v) is 6.12. The smallest absolute Gasteiger partial charge is 0.294 e. The number of benzene rings is 1. The Morgan fingerprint density at radius 3 is 2.58 bits per heavy atom. The summed E-state index contributed by atoms with van der Waals surface area (Å²) in [6.45, 7) is 2.72. The number of anilines is 1. The van der Waals surface area contributed by atoms with Gasteiger partial charge in [0, 0.05) is 19.2 Å². The van der Waals surface area contributed by atoms with Gasteiger partial charge in [-0.1, -0.05) is 11.6 Å². The zero-order valence-corrected chi connectivity index (χ0v) is 15.5. The number of nitrogens with one attached hydrogen (secondary N) is 1. The molecule has 0 bridgehead atoms. The van der Waals surface area contributed by atoms with Crippen molar-refractivity contribution in [2.24, 2.45) is 0 Å². The van der Waals surface area contributed by atoms with Crippen LogP contribution in [0.15, 0.2) is 33.7 Å². The van der Waals surface area contributed by atoms with Crippen molar-refractivity contribution in [2.75, 3.05) is 25.5 Å². The third kappa shape index (κ3) is 3.73. The maximum absolute atomic E-state index is 12.8. The number of aromatic nitrogens is 1. The van der Waals surface area contributed by atoms with Crippen molar-refractivity contribution in [3.8, 4) is 5.75 Å². The number of carbonyl (C=O) groups excluding carboxylic acids is 1. The van der Waals surface area contributed by atoms with Crippen LogP contribution in [-0.4, -0.2) is 44.0 Å². The van der Waals surface area contributed by atoms with Crippen LogP contribution in [0.4, 0.5) is 5.69 Å². The average Bonchev–Trinajstić information content (AvgIpc) is 3.09. The predicted molar refractivity (Wildman–Crippen MR) is 94.8 cm³/mol. The van der Waals surface area contributed by atoms with Crippen LogP contribution in [-0.2, 0) is 10.0 Å². The van der Waals surface area contributed by atoms with E-state index >= 15 is 0 Å². The van der Waals surface area contributed by atoms with Crippen molar-refractivity contribution in [3.63, 3.8) is 0 Å². The van der Waals surface area contributed by atoms with Gasteiger partial charge in [0.2, 0.25) is 15.8 Å². The first-order chi connectivity index (χ1) is 12.4. The summed E-state index contributed by atoms with van der Waals surface area (Å²) in [6, 6.07) is 5.91. The highest BCUT2D eigenvalue weighted by molar-refractivity contribution is 7.89. The van der Waals surface area contributed by atoms with Crippen LogP contribution in [0.25, 0.3) is 0 Å². The van der Waals surface area contributed by atoms with Crippen LogP contribution in [0.3, 0.4) is 0 Å². The van der Waals surface area contributed by atoms with Gasteiger partial charge in [-0.15, -0.1) is 0 Å². The molecule has 9 heteroatoms. The first-order valence-corrected chi connectivity index (χ1v) is 9.78. The Balaban J connectivity index is 1.90. The summed E-state index contributed by atoms with van der Waals surface area (Å²) in [5, 5.41) is 6.30. The molecule has 0 spiro atoms. The molecule has 1 aromatic heterocycles. The highest BCUT2D eigenvalue weighted by Gasteiger charge is 2.27. The lowest BCUT2D eigenvalue weighted by molar-refractivity contribution is 0.0987. The zero-order valence-electron chi connectivity index (χ0n) is 14.7. The molecule has 0 aliphatic carbocycles. The topological polar surface area (TPSA) is 102 Å². The minimum atomic E-state index is -3.62. The van der Waals surface area contributed by atoms with E-state index in [1.54, 1.807) is 6.92 Å². The summed E-state index contributed by atoms with van der Waals surface area (Å²) in [6.07, 6.45) is 2.74. The number of hydrogen-bond donors (Lipinski definition) is 1. The molecule has 26 heavy (non-hydrogen) atoms. The molecule has 0 saturated carbocycles. The average molecular weight is 379 g/mol. The number of nitrogens with zero attached hydrogens (tertiary/aromatic N) is 2. The van der Waals surface area contributed by atoms with Crippen LogP contribution in [0.5, 0.6) is 5.75 Å². The Labute approximate surface area is 152 Å². The van der Waals surface area contributed by atoms with Crippen LogP contribution in [0.2, 0.25) is 0 Å². The fourth-order valence-electron chi connectivity index (χ4n) is 2.85. The van der Waals surface area contributed by atoms with E-state index in [4.69, 9.17) is 9.26 Å². The normalized spacial score (nSPS) is 15.6. The highest BCUT2D eigenvalue weighted by Crippen LogP contribution is 2.30. The molecular formula is C17H21N3O5S. The van der Waals surface area contributed by atoms with Gasteiger partial charge in [-0.25, -0.2) is 8.42 Å². The fraction of sp³-hybridized carbons (Fsp3) is 0.412. The Morgan fingerprint density at radius 2 is 1.96 bits per heavy atom. The lowest BCUT2D eigenvalue weighted by Gasteiger charge is -2.26. The SMILES string of the molecule is COc1ccc(S(=O)(=O)N2CCCCC2)cc1NC(=O)c1cc(C)no1. The highest BCUT2D eigenvalue weighted by atomic mass is 32.2. The Kier molecular flexibility index (Phi) is 5.28. The fourth-order valence-corrected chi connectivity index (χ4v) is 4.40. The lowest BCUT2D eigenvalue weighted by atomic mass is 10.2. The number of ether oxygens (including phenoxy) is 1. The van der Waals surface area contributed by atoms with Crippen LogP contribution >= 0.6 is 0 Å². The molecule has 1 aliphatic heterocycles. The van der Waals surface area contributed by atoms with Gasteiger partial charge in [-0.3, -0.25) is 4.79 Å². The van der Waals surface area contributed by atoms with Crippen LogP contribution in [0.1, 0.15) is 35.5 Å². The number of hydrogen-bond acceptors (Lipinski definition) is 6. The number of piperidine rings is 1. The number of amides is 1. The largest absolute Gasteiger partial charge is 0.495 e. The van der Waals surface area contributed by atoms with Crippen molar-refractivity contribution in [3.05, 3.63) is 35.7 Å². The van der Waals surface area contributed by atoms with E-state index in [0.717, 1.165) is 19.3 Å². The molecule has 1 fully saturated rings. The first kappa shape index (κ1) is 18.4. The van der Waals surface area contributed by atoms with Gasteiger partial charge in [0.05, 0.1) is 23.4 Å². The van der Waals surface area contributed by atoms with Crippen LogP contribution in [0, 0.1) is 6.92 Å². The first-order valence-electron chi connectivity index (χ1n) is 8.34. The standard InChI is InChI=1S/C17H21N3O5S/c1-12-10-16(25-19-12)17(21)18-14-11-13(6-7-15(14)24-2)26(22,23)20-8-4-3-5-9-20/h6-7,10-11H,3-5,8-9H2,1-2H3,(H,18,21). The van der Waals surface area contributed by atoms with Gasteiger partial charge in [-0.05, 0) is 38.0 Å². The van der Waals surface area contributed by atoms with E-state index in [1.165, 1.54) is 35.7 Å². The molecule has 1 aliphatic rings. The predicted octanol–water partition coefficient (Wildman–Crippen LogP) is 2.42. The molecule has 140 valence electrons. The van der Waals surface area contributed by atoms with Crippen molar-refractivity contribution in [1.82, 2.24) is 9.46 Å². The van der Waals surface area contributed by atoms with Gasteiger partial charge >= 0.3 is 0 Å². The van der Waals surface area contributed by atoms with E-state index in [0.29, 0.717) is 24.5 Å². The number of methoxy groups -OCH3 is 1. The summed E-state index contributed by atoms with van der Waals surface area (Å²) < 4.78 is 37.3. The second-order valence-electron chi connectivity index (χ2n) is 6.11. The molecule has 0 atom stereocenters. The molecule has 2 aromatic rings. The molecule has 0 unspecified atom stereocenters. The molecule has 1 N–H and O–H groups in total. The minimum Gasteiger partial charge on any atom is -0.495 e. The van der Waals surface area contributed by atoms with E-state index in [1.807, 2.05) is 0 Å². The monoisotopic (exact) mass is 379 g/mol. The molecule has 0 radical (unpaired) electrons. The summed E-state index contributed by atoms with van der Waals surface area (Å²) in [7, 11) is -2.17. The molecule has 1 amide bonds. The summed E-state index contributed by atoms with van der Waals surface area (Å²) >= 11 is 0. The number of rotatable bonds is 5. The van der Waals surface area contributed by atoms with Gasteiger partial charge in [0.25, 0.3) is 5.91 Å². The van der Waals surface area contributed by atoms with Gasteiger partial charge in [0.1, 0.15) is 5.75 Å². The van der Waals surface area contributed by atoms with E-state index < -0.39 is 15.9 Å². The van der Waals surface area contributed by atoms with E-state index in [-0.39, 0.29) is 16.3 Å². The van der Waals surface area contributed by atoms with Crippen molar-refractivity contribution < 1.29 is 22.5 Å². The molecule has 8 nitrogen and oxygen atoms in total. The van der Waals surface area contributed by atoms with Crippen molar-refractivity contribution in [2.45, 2.75) is 31.1 Å². The minimum absolute atomic E-state index is 0.0360. The molecule has 2 heterocycles. The quantitative estimate of drug-likeness (QED) is 0.856. The van der Waals surface area contributed by atoms with Gasteiger partial charge in [0.15, 0.2) is 0 Å². The van der Waals surface area contributed by atoms with Crippen molar-refractivity contribution >= 4 is 21.6 Å². The Bertz CT molecular complexity index is 901. The Hall–Kier alpha value is -2.39. The molecular weight excluding hydrogens is 358 g/mol. The maximum atomic E-state index is 12.8. The third-order valence-electron chi connectivity index (χ3n) is 4.22. The molecule has 3 rings (SSSR count). The van der Waals surface area contributed by atoms with E-state index in [2.05, 4.69) is 10.5 Å². The molecule has 1 saturated heterocycles. The summed E-state index contributed by atoms with van der Waals surface area (Å²) in [4.78, 5) is 12.4. The molecule has 1 aromatic carbocycles. The Morgan fingerprint density at radius 1 is 1.23 bits per heavy atom. The van der Waals surface area contributed by atoms with E-state index in [9.17, 15) is 13.2 Å². The second kappa shape index (κ2) is 7.46. The number of sulfonamides is 1. The summed E-state index contributed by atoms with van der Waals surface area (Å²) in [5.74, 6) is -0.141. The second-order valence-corrected chi connectivity index (χ2v) is 8.05. The maximum Gasteiger partial charge on any atom is 0.294 e. The van der Waals surface area contributed by atoms with Crippen molar-refractivity contribution in [1.29, 1.82) is 0 Å². The number of aryl methyl sites for hydroxylation is 1. The van der Waals surface area contributed by atoms with Gasteiger partial charge < -0.3 is 14.6 Å². The summed E-state index contributed by atoms with van der Waals surface area (Å²) in [5.41, 5.74) is 0.827.